The highest BCUT2D eigenvalue weighted by molar-refractivity contribution is 7.99. The molecule has 2 aromatic rings. The van der Waals surface area contributed by atoms with Crippen LogP contribution in [0.4, 0.5) is 5.69 Å². The van der Waals surface area contributed by atoms with Crippen LogP contribution in [0.2, 0.25) is 0 Å². The zero-order valence-corrected chi connectivity index (χ0v) is 11.0. The minimum absolute atomic E-state index is 0.156. The summed E-state index contributed by atoms with van der Waals surface area (Å²) in [7, 11) is 0. The second-order valence-electron chi connectivity index (χ2n) is 3.63. The summed E-state index contributed by atoms with van der Waals surface area (Å²) in [4.78, 5) is 17.0. The molecule has 94 valence electrons. The fourth-order valence-corrected chi connectivity index (χ4v) is 2.23. The Morgan fingerprint density at radius 2 is 2.22 bits per heavy atom. The Labute approximate surface area is 109 Å². The molecule has 1 heterocycles. The van der Waals surface area contributed by atoms with Gasteiger partial charge in [-0.05, 0) is 24.8 Å². The SMILES string of the molecule is CCSc1ccccc1NC(=O)c1n[nH]c(C)n1. The van der Waals surface area contributed by atoms with Crippen molar-refractivity contribution in [2.75, 3.05) is 11.1 Å². The summed E-state index contributed by atoms with van der Waals surface area (Å²) in [6, 6.07) is 7.69. The molecule has 0 saturated heterocycles. The lowest BCUT2D eigenvalue weighted by atomic mass is 10.3. The largest absolute Gasteiger partial charge is 0.318 e. The van der Waals surface area contributed by atoms with Gasteiger partial charge in [0.05, 0.1) is 5.69 Å². The van der Waals surface area contributed by atoms with Crippen molar-refractivity contribution >= 4 is 23.4 Å². The van der Waals surface area contributed by atoms with Crippen molar-refractivity contribution < 1.29 is 4.79 Å². The topological polar surface area (TPSA) is 70.7 Å². The van der Waals surface area contributed by atoms with Gasteiger partial charge in [0.1, 0.15) is 5.82 Å². The van der Waals surface area contributed by atoms with Gasteiger partial charge < -0.3 is 5.32 Å². The number of rotatable bonds is 4. The second-order valence-corrected chi connectivity index (χ2v) is 4.93. The van der Waals surface area contributed by atoms with E-state index in [4.69, 9.17) is 0 Å². The van der Waals surface area contributed by atoms with Crippen LogP contribution in [-0.4, -0.2) is 26.8 Å². The van der Waals surface area contributed by atoms with Crippen molar-refractivity contribution in [3.05, 3.63) is 35.9 Å². The third kappa shape index (κ3) is 2.89. The second kappa shape index (κ2) is 5.68. The van der Waals surface area contributed by atoms with Crippen LogP contribution in [0.3, 0.4) is 0 Å². The number of anilines is 1. The van der Waals surface area contributed by atoms with Gasteiger partial charge >= 0.3 is 0 Å². The molecule has 0 fully saturated rings. The van der Waals surface area contributed by atoms with E-state index in [0.717, 1.165) is 16.3 Å². The molecular weight excluding hydrogens is 248 g/mol. The van der Waals surface area contributed by atoms with Crippen molar-refractivity contribution in [3.8, 4) is 0 Å². The molecule has 0 spiro atoms. The Morgan fingerprint density at radius 3 is 2.89 bits per heavy atom. The van der Waals surface area contributed by atoms with Crippen molar-refractivity contribution in [1.29, 1.82) is 0 Å². The number of thioether (sulfide) groups is 1. The highest BCUT2D eigenvalue weighted by Gasteiger charge is 2.12. The molecular formula is C12H14N4OS. The van der Waals surface area contributed by atoms with Crippen LogP contribution >= 0.6 is 11.8 Å². The van der Waals surface area contributed by atoms with Crippen molar-refractivity contribution in [1.82, 2.24) is 15.2 Å². The molecule has 1 amide bonds. The standard InChI is InChI=1S/C12H14N4OS/c1-3-18-10-7-5-4-6-9(10)14-12(17)11-13-8(2)15-16-11/h4-7H,3H2,1-2H3,(H,14,17)(H,13,15,16). The van der Waals surface area contributed by atoms with E-state index in [2.05, 4.69) is 27.4 Å². The van der Waals surface area contributed by atoms with E-state index in [0.29, 0.717) is 5.82 Å². The number of amides is 1. The zero-order chi connectivity index (χ0) is 13.0. The molecule has 18 heavy (non-hydrogen) atoms. The third-order valence-corrected chi connectivity index (χ3v) is 3.19. The van der Waals surface area contributed by atoms with Crippen molar-refractivity contribution in [2.24, 2.45) is 0 Å². The quantitative estimate of drug-likeness (QED) is 0.830. The van der Waals surface area contributed by atoms with Crippen LogP contribution in [0.15, 0.2) is 29.2 Å². The first-order chi connectivity index (χ1) is 8.70. The first-order valence-corrected chi connectivity index (χ1v) is 6.61. The maximum Gasteiger partial charge on any atom is 0.295 e. The third-order valence-electron chi connectivity index (χ3n) is 2.24. The Kier molecular flexibility index (Phi) is 3.99. The number of nitrogens with zero attached hydrogens (tertiary/aromatic N) is 2. The van der Waals surface area contributed by atoms with Gasteiger partial charge in [-0.2, -0.15) is 0 Å². The number of hydrogen-bond acceptors (Lipinski definition) is 4. The van der Waals surface area contributed by atoms with E-state index in [-0.39, 0.29) is 11.7 Å². The van der Waals surface area contributed by atoms with E-state index in [1.165, 1.54) is 0 Å². The first kappa shape index (κ1) is 12.6. The number of carbonyl (C=O) groups excluding carboxylic acids is 1. The molecule has 0 saturated carbocycles. The first-order valence-electron chi connectivity index (χ1n) is 5.63. The van der Waals surface area contributed by atoms with Gasteiger partial charge in [0.15, 0.2) is 0 Å². The number of nitrogens with one attached hydrogen (secondary N) is 2. The Hall–Kier alpha value is -1.82. The fourth-order valence-electron chi connectivity index (χ4n) is 1.47. The summed E-state index contributed by atoms with van der Waals surface area (Å²) in [5.74, 6) is 1.43. The molecule has 0 atom stereocenters. The van der Waals surface area contributed by atoms with Crippen LogP contribution in [0, 0.1) is 6.92 Å². The van der Waals surface area contributed by atoms with Crippen LogP contribution in [0.25, 0.3) is 0 Å². The molecule has 2 N–H and O–H groups in total. The molecule has 2 rings (SSSR count). The number of benzene rings is 1. The molecule has 0 radical (unpaired) electrons. The fraction of sp³-hybridized carbons (Fsp3) is 0.250. The van der Waals surface area contributed by atoms with Gasteiger partial charge in [-0.25, -0.2) is 4.98 Å². The average molecular weight is 262 g/mol. The minimum Gasteiger partial charge on any atom is -0.318 e. The summed E-state index contributed by atoms with van der Waals surface area (Å²) in [6.07, 6.45) is 0. The molecule has 1 aromatic heterocycles. The monoisotopic (exact) mass is 262 g/mol. The maximum atomic E-state index is 11.9. The predicted octanol–water partition coefficient (Wildman–Crippen LogP) is 2.48. The van der Waals surface area contributed by atoms with Crippen molar-refractivity contribution in [2.45, 2.75) is 18.7 Å². The molecule has 0 aliphatic carbocycles. The molecule has 0 bridgehead atoms. The van der Waals surface area contributed by atoms with E-state index in [1.54, 1.807) is 18.7 Å². The lowest BCUT2D eigenvalue weighted by Gasteiger charge is -2.08. The zero-order valence-electron chi connectivity index (χ0n) is 10.2. The number of hydrogen-bond donors (Lipinski definition) is 2. The van der Waals surface area contributed by atoms with E-state index in [1.807, 2.05) is 24.3 Å². The van der Waals surface area contributed by atoms with Crippen LogP contribution in [-0.2, 0) is 0 Å². The minimum atomic E-state index is -0.302. The summed E-state index contributed by atoms with van der Waals surface area (Å²) >= 11 is 1.68. The lowest BCUT2D eigenvalue weighted by molar-refractivity contribution is 0.101. The number of aromatic nitrogens is 3. The van der Waals surface area contributed by atoms with Gasteiger partial charge in [0.2, 0.25) is 5.82 Å². The number of H-pyrrole nitrogens is 1. The van der Waals surface area contributed by atoms with Gasteiger partial charge in [-0.3, -0.25) is 9.89 Å². The van der Waals surface area contributed by atoms with Crippen LogP contribution < -0.4 is 5.32 Å². The smallest absolute Gasteiger partial charge is 0.295 e. The number of aromatic amines is 1. The summed E-state index contributed by atoms with van der Waals surface area (Å²) < 4.78 is 0. The summed E-state index contributed by atoms with van der Waals surface area (Å²) in [6.45, 7) is 3.83. The van der Waals surface area contributed by atoms with Crippen LogP contribution in [0.5, 0.6) is 0 Å². The molecule has 0 aliphatic rings. The lowest BCUT2D eigenvalue weighted by Crippen LogP contribution is -2.14. The normalized spacial score (nSPS) is 10.3. The van der Waals surface area contributed by atoms with E-state index < -0.39 is 0 Å². The van der Waals surface area contributed by atoms with E-state index >= 15 is 0 Å². The number of aryl methyl sites for hydroxylation is 1. The number of para-hydroxylation sites is 1. The average Bonchev–Trinajstić information content (AvgIpc) is 2.79. The molecule has 6 heteroatoms. The van der Waals surface area contributed by atoms with Crippen molar-refractivity contribution in [3.63, 3.8) is 0 Å². The predicted molar refractivity (Wildman–Crippen MR) is 71.9 cm³/mol. The van der Waals surface area contributed by atoms with Gasteiger partial charge in [0, 0.05) is 4.90 Å². The Bertz CT molecular complexity index is 553. The van der Waals surface area contributed by atoms with Gasteiger partial charge in [0.25, 0.3) is 5.91 Å². The van der Waals surface area contributed by atoms with Gasteiger partial charge in [-0.1, -0.05) is 19.1 Å². The van der Waals surface area contributed by atoms with Crippen LogP contribution in [0.1, 0.15) is 23.4 Å². The van der Waals surface area contributed by atoms with E-state index in [9.17, 15) is 4.79 Å². The Morgan fingerprint density at radius 1 is 1.44 bits per heavy atom. The molecule has 0 aliphatic heterocycles. The molecule has 0 unspecified atom stereocenters. The highest BCUT2D eigenvalue weighted by atomic mass is 32.2. The Balaban J connectivity index is 2.16. The molecule has 5 nitrogen and oxygen atoms in total. The molecule has 1 aromatic carbocycles. The summed E-state index contributed by atoms with van der Waals surface area (Å²) in [5.41, 5.74) is 0.789. The maximum absolute atomic E-state index is 11.9. The number of carbonyl (C=O) groups is 1. The van der Waals surface area contributed by atoms with Gasteiger partial charge in [-0.15, -0.1) is 16.9 Å². The highest BCUT2D eigenvalue weighted by Crippen LogP contribution is 2.26. The summed E-state index contributed by atoms with van der Waals surface area (Å²) in [5, 5.41) is 9.30.